The summed E-state index contributed by atoms with van der Waals surface area (Å²) in [6.07, 6.45) is 0.291. The van der Waals surface area contributed by atoms with Crippen LogP contribution in [0.4, 0.5) is 5.69 Å². The number of nitrogens with one attached hydrogen (secondary N) is 1. The van der Waals surface area contributed by atoms with E-state index in [0.29, 0.717) is 23.0 Å². The summed E-state index contributed by atoms with van der Waals surface area (Å²) in [7, 11) is 0. The Morgan fingerprint density at radius 1 is 1.53 bits per heavy atom. The number of hydrogen-bond donors (Lipinski definition) is 1. The SMILES string of the molecule is Cc1cc(Br)c(NC(=O)CCCl)cc1Cl. The summed E-state index contributed by atoms with van der Waals surface area (Å²) in [4.78, 5) is 11.3. The van der Waals surface area contributed by atoms with Crippen molar-refractivity contribution >= 4 is 50.7 Å². The van der Waals surface area contributed by atoms with Crippen LogP contribution in [0.1, 0.15) is 12.0 Å². The van der Waals surface area contributed by atoms with Crippen molar-refractivity contribution in [2.75, 3.05) is 11.2 Å². The molecule has 0 spiro atoms. The summed E-state index contributed by atoms with van der Waals surface area (Å²) in [6.45, 7) is 1.90. The predicted octanol–water partition coefficient (Wildman–Crippen LogP) is 3.98. The molecule has 82 valence electrons. The normalized spacial score (nSPS) is 10.1. The molecular weight excluding hydrogens is 301 g/mol. The second-order valence-corrected chi connectivity index (χ2v) is 4.71. The Bertz CT molecular complexity index is 382. The van der Waals surface area contributed by atoms with Crippen molar-refractivity contribution in [2.45, 2.75) is 13.3 Å². The lowest BCUT2D eigenvalue weighted by Crippen LogP contribution is -2.12. The topological polar surface area (TPSA) is 29.1 Å². The number of benzene rings is 1. The van der Waals surface area contributed by atoms with Gasteiger partial charge in [-0.1, -0.05) is 11.6 Å². The van der Waals surface area contributed by atoms with Crippen LogP contribution < -0.4 is 5.32 Å². The molecular formula is C10H10BrCl2NO. The van der Waals surface area contributed by atoms with Gasteiger partial charge in [-0.05, 0) is 40.5 Å². The predicted molar refractivity (Wildman–Crippen MR) is 67.9 cm³/mol. The lowest BCUT2D eigenvalue weighted by atomic mass is 10.2. The number of hydrogen-bond acceptors (Lipinski definition) is 1. The molecule has 1 N–H and O–H groups in total. The van der Waals surface area contributed by atoms with E-state index in [4.69, 9.17) is 23.2 Å². The third-order valence-corrected chi connectivity index (χ3v) is 3.10. The lowest BCUT2D eigenvalue weighted by molar-refractivity contribution is -0.115. The number of rotatable bonds is 3. The van der Waals surface area contributed by atoms with E-state index < -0.39 is 0 Å². The largest absolute Gasteiger partial charge is 0.325 e. The number of anilines is 1. The number of amides is 1. The zero-order valence-electron chi connectivity index (χ0n) is 8.11. The first-order valence-corrected chi connectivity index (χ1v) is 6.06. The molecule has 0 saturated heterocycles. The van der Waals surface area contributed by atoms with E-state index in [1.54, 1.807) is 6.07 Å². The Kier molecular flexibility index (Phi) is 4.90. The third-order valence-electron chi connectivity index (χ3n) is 1.84. The van der Waals surface area contributed by atoms with Gasteiger partial charge < -0.3 is 5.32 Å². The van der Waals surface area contributed by atoms with E-state index in [9.17, 15) is 4.79 Å². The summed E-state index contributed by atoms with van der Waals surface area (Å²) in [6, 6.07) is 3.58. The molecule has 0 fully saturated rings. The molecule has 1 rings (SSSR count). The maximum atomic E-state index is 11.3. The van der Waals surface area contributed by atoms with Crippen LogP contribution in [0.3, 0.4) is 0 Å². The van der Waals surface area contributed by atoms with Crippen LogP contribution >= 0.6 is 39.1 Å². The van der Waals surface area contributed by atoms with Crippen LogP contribution in [0.25, 0.3) is 0 Å². The first-order chi connectivity index (χ1) is 7.04. The van der Waals surface area contributed by atoms with Gasteiger partial charge in [-0.25, -0.2) is 0 Å². The fourth-order valence-electron chi connectivity index (χ4n) is 1.04. The highest BCUT2D eigenvalue weighted by atomic mass is 79.9. The van der Waals surface area contributed by atoms with Gasteiger partial charge in [0.25, 0.3) is 0 Å². The molecule has 1 aromatic rings. The second kappa shape index (κ2) is 5.73. The monoisotopic (exact) mass is 309 g/mol. The van der Waals surface area contributed by atoms with Crippen LogP contribution in [0.5, 0.6) is 0 Å². The number of halogens is 3. The molecule has 0 atom stereocenters. The van der Waals surface area contributed by atoms with Crippen LogP contribution in [0.2, 0.25) is 5.02 Å². The van der Waals surface area contributed by atoms with E-state index in [-0.39, 0.29) is 5.91 Å². The summed E-state index contributed by atoms with van der Waals surface area (Å²) in [5.41, 5.74) is 1.62. The van der Waals surface area contributed by atoms with Gasteiger partial charge in [-0.2, -0.15) is 0 Å². The molecule has 15 heavy (non-hydrogen) atoms. The van der Waals surface area contributed by atoms with Crippen molar-refractivity contribution in [3.8, 4) is 0 Å². The Morgan fingerprint density at radius 2 is 2.20 bits per heavy atom. The Labute approximate surface area is 107 Å². The summed E-state index contributed by atoms with van der Waals surface area (Å²) >= 11 is 14.8. The maximum Gasteiger partial charge on any atom is 0.225 e. The first kappa shape index (κ1) is 12.8. The fourth-order valence-corrected chi connectivity index (χ4v) is 1.93. The van der Waals surface area contributed by atoms with Gasteiger partial charge in [0.05, 0.1) is 5.69 Å². The average Bonchev–Trinajstić information content (AvgIpc) is 2.14. The van der Waals surface area contributed by atoms with Gasteiger partial charge in [0.2, 0.25) is 5.91 Å². The lowest BCUT2D eigenvalue weighted by Gasteiger charge is -2.08. The molecule has 0 aliphatic rings. The highest BCUT2D eigenvalue weighted by Gasteiger charge is 2.07. The number of aryl methyl sites for hydroxylation is 1. The van der Waals surface area contributed by atoms with E-state index in [1.165, 1.54) is 0 Å². The molecule has 0 radical (unpaired) electrons. The molecule has 1 amide bonds. The van der Waals surface area contributed by atoms with E-state index in [0.717, 1.165) is 10.0 Å². The van der Waals surface area contributed by atoms with Gasteiger partial charge in [0.1, 0.15) is 0 Å². The molecule has 0 heterocycles. The number of carbonyl (C=O) groups excluding carboxylic acids is 1. The fraction of sp³-hybridized carbons (Fsp3) is 0.300. The average molecular weight is 311 g/mol. The van der Waals surface area contributed by atoms with Crippen LogP contribution in [-0.2, 0) is 4.79 Å². The van der Waals surface area contributed by atoms with Crippen molar-refractivity contribution in [2.24, 2.45) is 0 Å². The Morgan fingerprint density at radius 3 is 2.80 bits per heavy atom. The van der Waals surface area contributed by atoms with E-state index in [2.05, 4.69) is 21.2 Å². The van der Waals surface area contributed by atoms with E-state index >= 15 is 0 Å². The van der Waals surface area contributed by atoms with Gasteiger partial charge >= 0.3 is 0 Å². The van der Waals surface area contributed by atoms with Gasteiger partial charge in [-0.15, -0.1) is 11.6 Å². The summed E-state index contributed by atoms with van der Waals surface area (Å²) < 4.78 is 0.812. The molecule has 0 aromatic heterocycles. The molecule has 0 saturated carbocycles. The molecule has 1 aromatic carbocycles. The minimum absolute atomic E-state index is 0.120. The maximum absolute atomic E-state index is 11.3. The third kappa shape index (κ3) is 3.67. The smallest absolute Gasteiger partial charge is 0.225 e. The van der Waals surface area contributed by atoms with Crippen LogP contribution in [0, 0.1) is 6.92 Å². The zero-order valence-corrected chi connectivity index (χ0v) is 11.2. The molecule has 0 aliphatic carbocycles. The molecule has 0 bridgehead atoms. The van der Waals surface area contributed by atoms with Crippen LogP contribution in [0.15, 0.2) is 16.6 Å². The van der Waals surface area contributed by atoms with Gasteiger partial charge in [0, 0.05) is 21.8 Å². The van der Waals surface area contributed by atoms with Crippen molar-refractivity contribution in [1.82, 2.24) is 0 Å². The Balaban J connectivity index is 2.86. The molecule has 5 heteroatoms. The summed E-state index contributed by atoms with van der Waals surface area (Å²) in [5.74, 6) is 0.189. The highest BCUT2D eigenvalue weighted by Crippen LogP contribution is 2.29. The van der Waals surface area contributed by atoms with Crippen molar-refractivity contribution in [3.05, 3.63) is 27.2 Å². The van der Waals surface area contributed by atoms with Crippen LogP contribution in [-0.4, -0.2) is 11.8 Å². The van der Waals surface area contributed by atoms with E-state index in [1.807, 2.05) is 13.0 Å². The van der Waals surface area contributed by atoms with Crippen molar-refractivity contribution in [1.29, 1.82) is 0 Å². The highest BCUT2D eigenvalue weighted by molar-refractivity contribution is 9.10. The summed E-state index contributed by atoms with van der Waals surface area (Å²) in [5, 5.41) is 3.35. The zero-order chi connectivity index (χ0) is 11.4. The minimum atomic E-state index is -0.120. The standard InChI is InChI=1S/C10H10BrCl2NO/c1-6-4-7(11)9(5-8(6)13)14-10(15)2-3-12/h4-5H,2-3H2,1H3,(H,14,15). The Hall–Kier alpha value is -0.250. The second-order valence-electron chi connectivity index (χ2n) is 3.07. The van der Waals surface area contributed by atoms with Gasteiger partial charge in [-0.3, -0.25) is 4.79 Å². The molecule has 2 nitrogen and oxygen atoms in total. The number of alkyl halides is 1. The number of carbonyl (C=O) groups is 1. The van der Waals surface area contributed by atoms with Crippen molar-refractivity contribution < 1.29 is 4.79 Å². The van der Waals surface area contributed by atoms with Gasteiger partial charge in [0.15, 0.2) is 0 Å². The molecule has 0 unspecified atom stereocenters. The quantitative estimate of drug-likeness (QED) is 0.841. The molecule has 0 aliphatic heterocycles. The van der Waals surface area contributed by atoms with Crippen molar-refractivity contribution in [3.63, 3.8) is 0 Å². The minimum Gasteiger partial charge on any atom is -0.325 e. The first-order valence-electron chi connectivity index (χ1n) is 4.36.